The summed E-state index contributed by atoms with van der Waals surface area (Å²) in [6.45, 7) is 9.01. The monoisotopic (exact) mass is 208 g/mol. The Bertz CT molecular complexity index is 302. The average molecular weight is 208 g/mol. The zero-order chi connectivity index (χ0) is 10.7. The lowest BCUT2D eigenvalue weighted by Gasteiger charge is -2.15. The van der Waals surface area contributed by atoms with Crippen LogP contribution in [0.25, 0.3) is 0 Å². The van der Waals surface area contributed by atoms with Crippen molar-refractivity contribution in [3.63, 3.8) is 0 Å². The standard InChI is InChI=1S/C13H21P/c1-5-10(4)12-7-6-11(9(2)3)8-13(12)14/h6-10H,5,14H2,1-4H3. The van der Waals surface area contributed by atoms with Crippen molar-refractivity contribution in [2.75, 3.05) is 0 Å². The van der Waals surface area contributed by atoms with E-state index in [4.69, 9.17) is 0 Å². The summed E-state index contributed by atoms with van der Waals surface area (Å²) in [6.07, 6.45) is 1.21. The van der Waals surface area contributed by atoms with Gasteiger partial charge >= 0.3 is 0 Å². The minimum atomic E-state index is 0.625. The molecule has 1 aromatic carbocycles. The third-order valence-electron chi connectivity index (χ3n) is 2.92. The molecular weight excluding hydrogens is 187 g/mol. The second-order valence-corrected chi connectivity index (χ2v) is 4.97. The largest absolute Gasteiger partial charge is 0.105 e. The Kier molecular flexibility index (Phi) is 4.13. The van der Waals surface area contributed by atoms with Crippen molar-refractivity contribution in [1.82, 2.24) is 0 Å². The first kappa shape index (κ1) is 11.7. The van der Waals surface area contributed by atoms with Crippen molar-refractivity contribution in [2.45, 2.75) is 46.0 Å². The van der Waals surface area contributed by atoms with Crippen molar-refractivity contribution < 1.29 is 0 Å². The fourth-order valence-electron chi connectivity index (χ4n) is 1.62. The van der Waals surface area contributed by atoms with Gasteiger partial charge in [-0.25, -0.2) is 0 Å². The molecule has 0 fully saturated rings. The summed E-state index contributed by atoms with van der Waals surface area (Å²) in [7, 11) is 2.86. The van der Waals surface area contributed by atoms with Crippen LogP contribution in [-0.4, -0.2) is 0 Å². The maximum atomic E-state index is 2.86. The van der Waals surface area contributed by atoms with E-state index in [-0.39, 0.29) is 0 Å². The van der Waals surface area contributed by atoms with Crippen LogP contribution in [0.2, 0.25) is 0 Å². The minimum Gasteiger partial charge on any atom is -0.105 e. The summed E-state index contributed by atoms with van der Waals surface area (Å²) in [4.78, 5) is 0. The molecule has 0 aliphatic heterocycles. The molecule has 0 nitrogen and oxygen atoms in total. The Balaban J connectivity index is 3.01. The van der Waals surface area contributed by atoms with Crippen LogP contribution in [0.1, 0.15) is 57.1 Å². The van der Waals surface area contributed by atoms with Crippen molar-refractivity contribution in [3.05, 3.63) is 29.3 Å². The van der Waals surface area contributed by atoms with Crippen LogP contribution in [0.3, 0.4) is 0 Å². The molecule has 2 unspecified atom stereocenters. The van der Waals surface area contributed by atoms with E-state index >= 15 is 0 Å². The molecule has 0 N–H and O–H groups in total. The van der Waals surface area contributed by atoms with Crippen molar-refractivity contribution >= 4 is 14.5 Å². The van der Waals surface area contributed by atoms with E-state index in [0.717, 1.165) is 0 Å². The van der Waals surface area contributed by atoms with Crippen LogP contribution in [-0.2, 0) is 0 Å². The fraction of sp³-hybridized carbons (Fsp3) is 0.538. The second-order valence-electron chi connectivity index (χ2n) is 4.35. The highest BCUT2D eigenvalue weighted by Gasteiger charge is 2.07. The molecule has 2 atom stereocenters. The first-order valence-corrected chi connectivity index (χ1v) is 6.03. The minimum absolute atomic E-state index is 0.625. The van der Waals surface area contributed by atoms with Gasteiger partial charge in [0.25, 0.3) is 0 Å². The Hall–Kier alpha value is -0.350. The van der Waals surface area contributed by atoms with Gasteiger partial charge in [0.15, 0.2) is 0 Å². The Labute approximate surface area is 90.3 Å². The molecule has 0 aliphatic rings. The van der Waals surface area contributed by atoms with E-state index in [0.29, 0.717) is 11.8 Å². The quantitative estimate of drug-likeness (QED) is 0.662. The molecule has 1 aromatic rings. The van der Waals surface area contributed by atoms with Gasteiger partial charge in [-0.2, -0.15) is 0 Å². The van der Waals surface area contributed by atoms with E-state index in [9.17, 15) is 0 Å². The first-order valence-electron chi connectivity index (χ1n) is 5.45. The van der Waals surface area contributed by atoms with Gasteiger partial charge in [0.2, 0.25) is 0 Å². The Morgan fingerprint density at radius 1 is 1.21 bits per heavy atom. The van der Waals surface area contributed by atoms with Crippen LogP contribution >= 0.6 is 9.24 Å². The highest BCUT2D eigenvalue weighted by atomic mass is 31.0. The maximum Gasteiger partial charge on any atom is -0.0187 e. The van der Waals surface area contributed by atoms with E-state index in [2.05, 4.69) is 55.1 Å². The summed E-state index contributed by atoms with van der Waals surface area (Å²) in [5.41, 5.74) is 2.91. The third-order valence-corrected chi connectivity index (χ3v) is 3.42. The first-order chi connectivity index (χ1) is 6.56. The van der Waals surface area contributed by atoms with Crippen LogP contribution in [0.4, 0.5) is 0 Å². The highest BCUT2D eigenvalue weighted by Crippen LogP contribution is 2.21. The number of benzene rings is 1. The molecule has 0 saturated carbocycles. The van der Waals surface area contributed by atoms with Crippen LogP contribution < -0.4 is 5.30 Å². The maximum absolute atomic E-state index is 2.86. The SMILES string of the molecule is CCC(C)c1ccc(C(C)C)cc1P. The smallest absolute Gasteiger partial charge is 0.0187 e. The van der Waals surface area contributed by atoms with Gasteiger partial charge in [-0.3, -0.25) is 0 Å². The predicted molar refractivity (Wildman–Crippen MR) is 68.6 cm³/mol. The molecule has 14 heavy (non-hydrogen) atoms. The van der Waals surface area contributed by atoms with Gasteiger partial charge in [-0.05, 0) is 34.7 Å². The molecule has 0 bridgehead atoms. The molecule has 0 spiro atoms. The Morgan fingerprint density at radius 3 is 2.29 bits per heavy atom. The molecule has 0 saturated heterocycles. The summed E-state index contributed by atoms with van der Waals surface area (Å²) in [5.74, 6) is 1.30. The Morgan fingerprint density at radius 2 is 1.86 bits per heavy atom. The molecule has 1 rings (SSSR count). The molecule has 0 aliphatic carbocycles. The van der Waals surface area contributed by atoms with Crippen LogP contribution in [0.15, 0.2) is 18.2 Å². The zero-order valence-corrected chi connectivity index (χ0v) is 10.8. The molecule has 0 aromatic heterocycles. The van der Waals surface area contributed by atoms with Gasteiger partial charge < -0.3 is 0 Å². The number of hydrogen-bond donors (Lipinski definition) is 0. The highest BCUT2D eigenvalue weighted by molar-refractivity contribution is 7.27. The van der Waals surface area contributed by atoms with E-state index < -0.39 is 0 Å². The molecule has 78 valence electrons. The van der Waals surface area contributed by atoms with Crippen LogP contribution in [0.5, 0.6) is 0 Å². The fourth-order valence-corrected chi connectivity index (χ4v) is 2.19. The molecule has 0 heterocycles. The van der Waals surface area contributed by atoms with Gasteiger partial charge in [0.05, 0.1) is 0 Å². The summed E-state index contributed by atoms with van der Waals surface area (Å²) >= 11 is 0. The van der Waals surface area contributed by atoms with E-state index in [1.807, 2.05) is 0 Å². The molecule has 1 heteroatoms. The molecule has 0 amide bonds. The lowest BCUT2D eigenvalue weighted by atomic mass is 9.95. The summed E-state index contributed by atoms with van der Waals surface area (Å²) in [5, 5.41) is 1.37. The van der Waals surface area contributed by atoms with E-state index in [1.54, 1.807) is 0 Å². The van der Waals surface area contributed by atoms with Gasteiger partial charge in [0, 0.05) is 0 Å². The van der Waals surface area contributed by atoms with Crippen molar-refractivity contribution in [2.24, 2.45) is 0 Å². The van der Waals surface area contributed by atoms with Gasteiger partial charge in [0.1, 0.15) is 0 Å². The normalized spacial score (nSPS) is 13.3. The topological polar surface area (TPSA) is 0 Å². The molecule has 0 radical (unpaired) electrons. The summed E-state index contributed by atoms with van der Waals surface area (Å²) < 4.78 is 0. The predicted octanol–water partition coefficient (Wildman–Crippen LogP) is 3.82. The number of rotatable bonds is 3. The lowest BCUT2D eigenvalue weighted by Crippen LogP contribution is -2.07. The second kappa shape index (κ2) is 4.94. The zero-order valence-electron chi connectivity index (χ0n) is 9.67. The van der Waals surface area contributed by atoms with Crippen molar-refractivity contribution in [1.29, 1.82) is 0 Å². The van der Waals surface area contributed by atoms with Gasteiger partial charge in [-0.1, -0.05) is 45.9 Å². The number of hydrogen-bond acceptors (Lipinski definition) is 0. The lowest BCUT2D eigenvalue weighted by molar-refractivity contribution is 0.736. The van der Waals surface area contributed by atoms with Crippen LogP contribution in [0, 0.1) is 0 Å². The van der Waals surface area contributed by atoms with E-state index in [1.165, 1.54) is 22.9 Å². The molecular formula is C13H21P. The van der Waals surface area contributed by atoms with Crippen molar-refractivity contribution in [3.8, 4) is 0 Å². The van der Waals surface area contributed by atoms with Gasteiger partial charge in [-0.15, -0.1) is 9.24 Å². The third kappa shape index (κ3) is 2.58. The average Bonchev–Trinajstić information content (AvgIpc) is 2.16. The summed E-state index contributed by atoms with van der Waals surface area (Å²) in [6, 6.07) is 6.85.